The molecule has 10 nitrogen and oxygen atoms in total. The van der Waals surface area contributed by atoms with Crippen LogP contribution >= 0.6 is 11.8 Å². The lowest BCUT2D eigenvalue weighted by atomic mass is 10.1. The summed E-state index contributed by atoms with van der Waals surface area (Å²) in [5.74, 6) is 0.296. The van der Waals surface area contributed by atoms with Gasteiger partial charge in [0, 0.05) is 44.0 Å². The Morgan fingerprint density at radius 2 is 1.71 bits per heavy atom. The maximum absolute atomic E-state index is 12.8. The Kier molecular flexibility index (Phi) is 7.73. The number of thioether (sulfide) groups is 1. The first-order valence-corrected chi connectivity index (χ1v) is 12.3. The molecule has 1 aliphatic rings. The van der Waals surface area contributed by atoms with Gasteiger partial charge in [-0.2, -0.15) is 4.68 Å². The van der Waals surface area contributed by atoms with Crippen LogP contribution in [0.25, 0.3) is 5.69 Å². The normalized spacial score (nSPS) is 13.8. The molecule has 0 atom stereocenters. The zero-order valence-corrected chi connectivity index (χ0v) is 19.9. The average Bonchev–Trinajstić information content (AvgIpc) is 3.35. The van der Waals surface area contributed by atoms with Gasteiger partial charge in [-0.1, -0.05) is 37.2 Å². The number of piperazine rings is 1. The number of anilines is 1. The molecule has 2 aromatic carbocycles. The fraction of sp³-hybridized carbons (Fsp3) is 0.391. The van der Waals surface area contributed by atoms with Crippen LogP contribution in [0.3, 0.4) is 0 Å². The smallest absolute Gasteiger partial charge is 0.269 e. The van der Waals surface area contributed by atoms with E-state index in [1.54, 1.807) is 16.8 Å². The minimum Gasteiger partial charge on any atom is -0.368 e. The van der Waals surface area contributed by atoms with Crippen molar-refractivity contribution >= 4 is 29.0 Å². The summed E-state index contributed by atoms with van der Waals surface area (Å²) in [6.45, 7) is 4.73. The van der Waals surface area contributed by atoms with Crippen molar-refractivity contribution in [3.63, 3.8) is 0 Å². The molecule has 0 bridgehead atoms. The first kappa shape index (κ1) is 23.7. The molecule has 1 aromatic heterocycles. The molecule has 178 valence electrons. The summed E-state index contributed by atoms with van der Waals surface area (Å²) in [5, 5.41) is 23.4. The van der Waals surface area contributed by atoms with E-state index in [-0.39, 0.29) is 17.3 Å². The SMILES string of the molecule is CCCCc1ccc(-n2nnnc2SCC(=O)N2CCN(c3ccc([N+](=O)[O-])cc3)CC2)cc1. The van der Waals surface area contributed by atoms with E-state index in [9.17, 15) is 14.9 Å². The van der Waals surface area contributed by atoms with Crippen LogP contribution in [0, 0.1) is 10.1 Å². The maximum atomic E-state index is 12.8. The number of carbonyl (C=O) groups excluding carboxylic acids is 1. The van der Waals surface area contributed by atoms with Crippen LogP contribution in [0.4, 0.5) is 11.4 Å². The summed E-state index contributed by atoms with van der Waals surface area (Å²) >= 11 is 1.33. The van der Waals surface area contributed by atoms with Crippen molar-refractivity contribution in [1.29, 1.82) is 0 Å². The van der Waals surface area contributed by atoms with E-state index in [0.717, 1.165) is 30.6 Å². The predicted octanol–water partition coefficient (Wildman–Crippen LogP) is 3.35. The minimum absolute atomic E-state index is 0.0396. The van der Waals surface area contributed by atoms with Gasteiger partial charge in [0.1, 0.15) is 0 Å². The number of rotatable bonds is 9. The number of carbonyl (C=O) groups is 1. The largest absolute Gasteiger partial charge is 0.368 e. The summed E-state index contributed by atoms with van der Waals surface area (Å²) < 4.78 is 1.66. The third-order valence-corrected chi connectivity index (χ3v) is 6.73. The molecule has 0 saturated carbocycles. The molecule has 0 radical (unpaired) electrons. The van der Waals surface area contributed by atoms with Crippen molar-refractivity contribution in [2.24, 2.45) is 0 Å². The highest BCUT2D eigenvalue weighted by Gasteiger charge is 2.22. The van der Waals surface area contributed by atoms with Gasteiger partial charge < -0.3 is 9.80 Å². The number of nitro groups is 1. The molecule has 1 amide bonds. The van der Waals surface area contributed by atoms with Crippen LogP contribution in [-0.4, -0.2) is 67.9 Å². The third-order valence-electron chi connectivity index (χ3n) is 5.82. The average molecular weight is 482 g/mol. The van der Waals surface area contributed by atoms with E-state index < -0.39 is 4.92 Å². The maximum Gasteiger partial charge on any atom is 0.269 e. The van der Waals surface area contributed by atoms with Gasteiger partial charge >= 0.3 is 0 Å². The number of tetrazole rings is 1. The van der Waals surface area contributed by atoms with Crippen LogP contribution in [0.2, 0.25) is 0 Å². The molecule has 0 spiro atoms. The summed E-state index contributed by atoms with van der Waals surface area (Å²) in [6.07, 6.45) is 3.38. The number of non-ortho nitro benzene ring substituents is 1. The van der Waals surface area contributed by atoms with E-state index in [1.807, 2.05) is 17.0 Å². The molecular weight excluding hydrogens is 454 g/mol. The number of hydrogen-bond donors (Lipinski definition) is 0. The molecule has 0 aliphatic carbocycles. The second-order valence-electron chi connectivity index (χ2n) is 8.07. The zero-order chi connectivity index (χ0) is 23.9. The quantitative estimate of drug-likeness (QED) is 0.260. The molecule has 3 aromatic rings. The molecule has 34 heavy (non-hydrogen) atoms. The highest BCUT2D eigenvalue weighted by molar-refractivity contribution is 7.99. The second-order valence-corrected chi connectivity index (χ2v) is 9.02. The topological polar surface area (TPSA) is 110 Å². The monoisotopic (exact) mass is 481 g/mol. The van der Waals surface area contributed by atoms with Crippen molar-refractivity contribution in [1.82, 2.24) is 25.1 Å². The number of aryl methyl sites for hydroxylation is 1. The number of amides is 1. The van der Waals surface area contributed by atoms with Crippen molar-refractivity contribution in [2.75, 3.05) is 36.8 Å². The second kappa shape index (κ2) is 11.1. The van der Waals surface area contributed by atoms with Crippen LogP contribution in [-0.2, 0) is 11.2 Å². The van der Waals surface area contributed by atoms with Crippen LogP contribution in [0.5, 0.6) is 0 Å². The lowest BCUT2D eigenvalue weighted by molar-refractivity contribution is -0.384. The number of hydrogen-bond acceptors (Lipinski definition) is 8. The van der Waals surface area contributed by atoms with Gasteiger partial charge in [0.25, 0.3) is 5.69 Å². The number of unbranched alkanes of at least 4 members (excludes halogenated alkanes) is 1. The third kappa shape index (κ3) is 5.71. The first-order valence-electron chi connectivity index (χ1n) is 11.3. The standard InChI is InChI=1S/C23H27N7O3S/c1-2-3-4-18-5-7-20(8-6-18)29-23(24-25-26-29)34-17-22(31)28-15-13-27(14-16-28)19-9-11-21(12-10-19)30(32)33/h5-12H,2-4,13-17H2,1H3. The zero-order valence-electron chi connectivity index (χ0n) is 19.0. The number of aromatic nitrogens is 4. The van der Waals surface area contributed by atoms with Crippen molar-refractivity contribution in [2.45, 2.75) is 31.3 Å². The summed E-state index contributed by atoms with van der Waals surface area (Å²) in [4.78, 5) is 27.2. The van der Waals surface area contributed by atoms with E-state index in [1.165, 1.54) is 29.5 Å². The molecular formula is C23H27N7O3S. The molecule has 1 saturated heterocycles. The summed E-state index contributed by atoms with van der Waals surface area (Å²) in [6, 6.07) is 14.7. The Morgan fingerprint density at radius 3 is 2.35 bits per heavy atom. The Labute approximate surface area is 202 Å². The molecule has 1 aliphatic heterocycles. The van der Waals surface area contributed by atoms with E-state index in [2.05, 4.69) is 39.5 Å². The predicted molar refractivity (Wildman–Crippen MR) is 130 cm³/mol. The van der Waals surface area contributed by atoms with Crippen LogP contribution < -0.4 is 4.90 Å². The number of benzene rings is 2. The first-order chi connectivity index (χ1) is 16.5. The molecule has 4 rings (SSSR count). The lowest BCUT2D eigenvalue weighted by Gasteiger charge is -2.36. The van der Waals surface area contributed by atoms with Gasteiger partial charge in [-0.25, -0.2) is 0 Å². The highest BCUT2D eigenvalue weighted by Crippen LogP contribution is 2.22. The van der Waals surface area contributed by atoms with Gasteiger partial charge in [0.2, 0.25) is 11.1 Å². The van der Waals surface area contributed by atoms with Gasteiger partial charge in [0.05, 0.1) is 16.4 Å². The molecule has 2 heterocycles. The van der Waals surface area contributed by atoms with Gasteiger partial charge in [0.15, 0.2) is 0 Å². The molecule has 0 unspecified atom stereocenters. The van der Waals surface area contributed by atoms with Gasteiger partial charge in [-0.05, 0) is 53.1 Å². The van der Waals surface area contributed by atoms with Crippen molar-refractivity contribution < 1.29 is 9.72 Å². The van der Waals surface area contributed by atoms with E-state index in [4.69, 9.17) is 0 Å². The molecule has 11 heteroatoms. The van der Waals surface area contributed by atoms with Crippen molar-refractivity contribution in [3.8, 4) is 5.69 Å². The van der Waals surface area contributed by atoms with Crippen molar-refractivity contribution in [3.05, 3.63) is 64.2 Å². The van der Waals surface area contributed by atoms with Crippen LogP contribution in [0.15, 0.2) is 53.7 Å². The van der Waals surface area contributed by atoms with Crippen LogP contribution in [0.1, 0.15) is 25.3 Å². The summed E-state index contributed by atoms with van der Waals surface area (Å²) in [7, 11) is 0. The Bertz CT molecular complexity index is 1110. The number of nitro benzene ring substituents is 1. The summed E-state index contributed by atoms with van der Waals surface area (Å²) in [5.41, 5.74) is 3.16. The van der Waals surface area contributed by atoms with Gasteiger partial charge in [-0.15, -0.1) is 5.10 Å². The van der Waals surface area contributed by atoms with E-state index >= 15 is 0 Å². The Hall–Kier alpha value is -3.47. The fourth-order valence-electron chi connectivity index (χ4n) is 3.83. The van der Waals surface area contributed by atoms with E-state index in [0.29, 0.717) is 31.3 Å². The Morgan fingerprint density at radius 1 is 1.03 bits per heavy atom. The number of nitrogens with zero attached hydrogens (tertiary/aromatic N) is 7. The molecule has 1 fully saturated rings. The Balaban J connectivity index is 1.29. The molecule has 0 N–H and O–H groups in total. The van der Waals surface area contributed by atoms with Gasteiger partial charge in [-0.3, -0.25) is 14.9 Å². The highest BCUT2D eigenvalue weighted by atomic mass is 32.2. The lowest BCUT2D eigenvalue weighted by Crippen LogP contribution is -2.49. The minimum atomic E-state index is -0.406. The fourth-order valence-corrected chi connectivity index (χ4v) is 4.63.